The van der Waals surface area contributed by atoms with Crippen molar-refractivity contribution < 1.29 is 10.0 Å². The maximum absolute atomic E-state index is 10.6. The molecule has 112 valence electrons. The molecule has 1 N–H and O–H groups in total. The summed E-state index contributed by atoms with van der Waals surface area (Å²) >= 11 is 0. The van der Waals surface area contributed by atoms with E-state index in [1.165, 1.54) is 12.1 Å². The Kier molecular flexibility index (Phi) is 5.10. The molecule has 1 atom stereocenters. The Morgan fingerprint density at radius 1 is 1.25 bits per heavy atom. The van der Waals surface area contributed by atoms with Crippen LogP contribution in [0.15, 0.2) is 24.3 Å². The minimum atomic E-state index is -1.40. The van der Waals surface area contributed by atoms with Crippen LogP contribution in [-0.2, 0) is 0 Å². The van der Waals surface area contributed by atoms with E-state index in [1.54, 1.807) is 12.1 Å². The zero-order valence-corrected chi connectivity index (χ0v) is 14.0. The van der Waals surface area contributed by atoms with Crippen molar-refractivity contribution >= 4 is 13.8 Å². The zero-order chi connectivity index (χ0) is 15.6. The Hall–Kier alpha value is -1.20. The van der Waals surface area contributed by atoms with Crippen LogP contribution >= 0.6 is 0 Å². The van der Waals surface area contributed by atoms with Crippen LogP contribution in [0.25, 0.3) is 0 Å². The van der Waals surface area contributed by atoms with Gasteiger partial charge < -0.3 is 5.11 Å². The lowest BCUT2D eigenvalue weighted by atomic mass is 10.1. The van der Waals surface area contributed by atoms with Crippen LogP contribution in [0.2, 0.25) is 24.2 Å². The van der Waals surface area contributed by atoms with Gasteiger partial charge in [-0.3, -0.25) is 10.1 Å². The highest BCUT2D eigenvalue weighted by molar-refractivity contribution is 6.80. The highest BCUT2D eigenvalue weighted by atomic mass is 28.3. The molecule has 0 aromatic heterocycles. The predicted octanol–water partition coefficient (Wildman–Crippen LogP) is 4.53. The van der Waals surface area contributed by atoms with Gasteiger partial charge in [0.2, 0.25) is 0 Å². The molecular formula is C15H25NO3Si. The van der Waals surface area contributed by atoms with Crippen LogP contribution in [0.5, 0.6) is 0 Å². The first-order chi connectivity index (χ1) is 9.04. The lowest BCUT2D eigenvalue weighted by Crippen LogP contribution is -2.37. The van der Waals surface area contributed by atoms with Gasteiger partial charge in [0, 0.05) is 12.1 Å². The van der Waals surface area contributed by atoms with Crippen molar-refractivity contribution in [2.45, 2.75) is 57.5 Å². The minimum absolute atomic E-state index is 0.0605. The van der Waals surface area contributed by atoms with Gasteiger partial charge >= 0.3 is 0 Å². The van der Waals surface area contributed by atoms with E-state index in [0.29, 0.717) is 11.5 Å². The standard InChI is InChI=1S/C15H25NO3Si/c1-15(2,3)20(4,5)11-10-14(17)12-6-8-13(9-7-12)16(18)19/h6-9,14,17H,10-11H2,1-5H3. The number of benzene rings is 1. The fraction of sp³-hybridized carbons (Fsp3) is 0.600. The average molecular weight is 295 g/mol. The van der Waals surface area contributed by atoms with Gasteiger partial charge in [-0.1, -0.05) is 39.9 Å². The van der Waals surface area contributed by atoms with E-state index in [9.17, 15) is 15.2 Å². The zero-order valence-electron chi connectivity index (χ0n) is 13.0. The summed E-state index contributed by atoms with van der Waals surface area (Å²) in [6, 6.07) is 7.23. The van der Waals surface area contributed by atoms with Crippen LogP contribution < -0.4 is 0 Å². The van der Waals surface area contributed by atoms with Crippen LogP contribution in [0.4, 0.5) is 5.69 Å². The number of hydrogen-bond acceptors (Lipinski definition) is 3. The van der Waals surface area contributed by atoms with Gasteiger partial charge in [-0.25, -0.2) is 0 Å². The van der Waals surface area contributed by atoms with Crippen LogP contribution in [0, 0.1) is 10.1 Å². The smallest absolute Gasteiger partial charge is 0.269 e. The molecule has 0 bridgehead atoms. The molecule has 0 aliphatic carbocycles. The molecule has 5 heteroatoms. The third kappa shape index (κ3) is 4.15. The van der Waals surface area contributed by atoms with E-state index < -0.39 is 19.1 Å². The van der Waals surface area contributed by atoms with Gasteiger partial charge in [0.15, 0.2) is 0 Å². The second kappa shape index (κ2) is 6.05. The van der Waals surface area contributed by atoms with Crippen LogP contribution in [0.3, 0.4) is 0 Å². The number of nitrogens with zero attached hydrogens (tertiary/aromatic N) is 1. The second-order valence-electron chi connectivity index (χ2n) is 7.04. The summed E-state index contributed by atoms with van der Waals surface area (Å²) in [5, 5.41) is 21.1. The highest BCUT2D eigenvalue weighted by Crippen LogP contribution is 2.40. The summed E-state index contributed by atoms with van der Waals surface area (Å²) in [7, 11) is -1.40. The number of nitro benzene ring substituents is 1. The summed E-state index contributed by atoms with van der Waals surface area (Å²) in [4.78, 5) is 10.2. The Labute approximate surface area is 122 Å². The van der Waals surface area contributed by atoms with Crippen molar-refractivity contribution in [3.63, 3.8) is 0 Å². The average Bonchev–Trinajstić information content (AvgIpc) is 2.34. The molecule has 1 rings (SSSR count). The Bertz CT molecular complexity index is 463. The van der Waals surface area contributed by atoms with E-state index in [2.05, 4.69) is 33.9 Å². The normalized spacial score (nSPS) is 14.1. The molecule has 0 amide bonds. The fourth-order valence-electron chi connectivity index (χ4n) is 1.86. The first-order valence-electron chi connectivity index (χ1n) is 6.97. The molecule has 0 spiro atoms. The van der Waals surface area contributed by atoms with Crippen LogP contribution in [-0.4, -0.2) is 18.1 Å². The van der Waals surface area contributed by atoms with Crippen molar-refractivity contribution in [2.24, 2.45) is 0 Å². The molecule has 0 radical (unpaired) electrons. The molecule has 20 heavy (non-hydrogen) atoms. The van der Waals surface area contributed by atoms with Gasteiger partial charge in [0.25, 0.3) is 5.69 Å². The summed E-state index contributed by atoms with van der Waals surface area (Å²) in [6.07, 6.45) is 0.179. The van der Waals surface area contributed by atoms with Gasteiger partial charge in [-0.05, 0) is 29.2 Å². The molecule has 1 unspecified atom stereocenters. The molecule has 1 aromatic rings. The van der Waals surface area contributed by atoms with Crippen molar-refractivity contribution in [1.29, 1.82) is 0 Å². The van der Waals surface area contributed by atoms with Crippen molar-refractivity contribution in [1.82, 2.24) is 0 Å². The van der Waals surface area contributed by atoms with Gasteiger partial charge in [-0.15, -0.1) is 0 Å². The maximum atomic E-state index is 10.6. The topological polar surface area (TPSA) is 63.4 Å². The third-order valence-corrected chi connectivity index (χ3v) is 10.2. The minimum Gasteiger partial charge on any atom is -0.388 e. The number of aliphatic hydroxyl groups excluding tert-OH is 1. The first kappa shape index (κ1) is 16.9. The largest absolute Gasteiger partial charge is 0.388 e. The fourth-order valence-corrected chi connectivity index (χ4v) is 3.60. The maximum Gasteiger partial charge on any atom is 0.269 e. The number of hydrogen-bond donors (Lipinski definition) is 1. The van der Waals surface area contributed by atoms with Crippen LogP contribution in [0.1, 0.15) is 38.9 Å². The molecule has 0 aliphatic heterocycles. The van der Waals surface area contributed by atoms with E-state index >= 15 is 0 Å². The summed E-state index contributed by atoms with van der Waals surface area (Å²) in [5.74, 6) is 0. The number of nitro groups is 1. The number of non-ortho nitro benzene ring substituents is 1. The predicted molar refractivity (Wildman–Crippen MR) is 84.7 cm³/mol. The molecule has 0 aliphatic rings. The van der Waals surface area contributed by atoms with Gasteiger partial charge in [-0.2, -0.15) is 0 Å². The van der Waals surface area contributed by atoms with Crippen molar-refractivity contribution in [3.05, 3.63) is 39.9 Å². The summed E-state index contributed by atoms with van der Waals surface area (Å²) in [6.45, 7) is 11.5. The first-order valence-corrected chi connectivity index (χ1v) is 10.2. The van der Waals surface area contributed by atoms with Gasteiger partial charge in [0.1, 0.15) is 0 Å². The Morgan fingerprint density at radius 2 is 1.75 bits per heavy atom. The summed E-state index contributed by atoms with van der Waals surface area (Å²) < 4.78 is 0. The molecular weight excluding hydrogens is 270 g/mol. The summed E-state index contributed by atoms with van der Waals surface area (Å²) in [5.41, 5.74) is 0.819. The molecule has 0 heterocycles. The third-order valence-electron chi connectivity index (χ3n) is 4.56. The van der Waals surface area contributed by atoms with E-state index in [-0.39, 0.29) is 5.69 Å². The highest BCUT2D eigenvalue weighted by Gasteiger charge is 2.34. The molecule has 0 saturated heterocycles. The van der Waals surface area contributed by atoms with Gasteiger partial charge in [0.05, 0.1) is 19.1 Å². The molecule has 1 aromatic carbocycles. The monoisotopic (exact) mass is 295 g/mol. The second-order valence-corrected chi connectivity index (χ2v) is 12.8. The van der Waals surface area contributed by atoms with E-state index in [0.717, 1.165) is 11.6 Å². The van der Waals surface area contributed by atoms with Crippen molar-refractivity contribution in [2.75, 3.05) is 0 Å². The molecule has 0 saturated carbocycles. The Balaban J connectivity index is 2.68. The van der Waals surface area contributed by atoms with E-state index in [1.807, 2.05) is 0 Å². The molecule has 4 nitrogen and oxygen atoms in total. The lowest BCUT2D eigenvalue weighted by Gasteiger charge is -2.37. The number of rotatable bonds is 5. The lowest BCUT2D eigenvalue weighted by molar-refractivity contribution is -0.384. The Morgan fingerprint density at radius 3 is 2.15 bits per heavy atom. The van der Waals surface area contributed by atoms with E-state index in [4.69, 9.17) is 0 Å². The number of aliphatic hydroxyl groups is 1. The van der Waals surface area contributed by atoms with Crippen molar-refractivity contribution in [3.8, 4) is 0 Å². The SMILES string of the molecule is CC(C)(C)[Si](C)(C)CCC(O)c1ccc([N+](=O)[O-])cc1. The molecule has 0 fully saturated rings. The quantitative estimate of drug-likeness (QED) is 0.493.